The molecule has 0 fully saturated rings. The number of hydrogen-bond donors (Lipinski definition) is 2. The first-order chi connectivity index (χ1) is 9.49. The van der Waals surface area contributed by atoms with Gasteiger partial charge in [0.15, 0.2) is 11.6 Å². The molecule has 0 bridgehead atoms. The van der Waals surface area contributed by atoms with E-state index in [4.69, 9.17) is 0 Å². The lowest BCUT2D eigenvalue weighted by Crippen LogP contribution is -2.23. The molecule has 2 aromatic rings. The Hall–Kier alpha value is -1.94. The number of phenolic OH excluding ortho intramolecular Hbond substituents is 1. The van der Waals surface area contributed by atoms with E-state index in [0.29, 0.717) is 0 Å². The molecule has 20 heavy (non-hydrogen) atoms. The highest BCUT2D eigenvalue weighted by atomic mass is 19.2. The number of nitrogens with one attached hydrogen (secondary N) is 1. The van der Waals surface area contributed by atoms with Crippen LogP contribution in [-0.2, 0) is 0 Å². The minimum absolute atomic E-state index is 0.0974. The molecule has 4 heteroatoms. The van der Waals surface area contributed by atoms with Crippen LogP contribution >= 0.6 is 0 Å². The number of phenols is 1. The van der Waals surface area contributed by atoms with E-state index in [1.165, 1.54) is 6.07 Å². The number of rotatable bonds is 4. The number of benzene rings is 2. The molecule has 0 saturated carbocycles. The second-order valence-corrected chi connectivity index (χ2v) is 4.85. The van der Waals surface area contributed by atoms with Crippen molar-refractivity contribution in [2.24, 2.45) is 0 Å². The minimum Gasteiger partial charge on any atom is -0.508 e. The van der Waals surface area contributed by atoms with Crippen molar-refractivity contribution < 1.29 is 13.9 Å². The lowest BCUT2D eigenvalue weighted by molar-refractivity contribution is 0.445. The predicted octanol–water partition coefficient (Wildman–Crippen LogP) is 4.08. The maximum absolute atomic E-state index is 13.7. The van der Waals surface area contributed by atoms with Crippen molar-refractivity contribution in [3.63, 3.8) is 0 Å². The van der Waals surface area contributed by atoms with Gasteiger partial charge < -0.3 is 10.4 Å². The van der Waals surface area contributed by atoms with Crippen LogP contribution in [0.3, 0.4) is 0 Å². The highest BCUT2D eigenvalue weighted by molar-refractivity contribution is 5.29. The summed E-state index contributed by atoms with van der Waals surface area (Å²) in [5, 5.41) is 12.6. The molecule has 0 aliphatic carbocycles. The van der Waals surface area contributed by atoms with Crippen molar-refractivity contribution >= 4 is 0 Å². The standard InChI is InChI=1S/C16H17F2NO/c1-10(12-5-3-6-13(20)9-12)19-11(2)14-7-4-8-15(17)16(14)18/h3-11,19-20H,1-2H3. The van der Waals surface area contributed by atoms with Gasteiger partial charge in [0.25, 0.3) is 0 Å². The van der Waals surface area contributed by atoms with Gasteiger partial charge in [0.05, 0.1) is 0 Å². The average molecular weight is 277 g/mol. The molecule has 2 N–H and O–H groups in total. The van der Waals surface area contributed by atoms with Crippen LogP contribution in [-0.4, -0.2) is 5.11 Å². The Balaban J connectivity index is 2.15. The Morgan fingerprint density at radius 1 is 1.00 bits per heavy atom. The van der Waals surface area contributed by atoms with Gasteiger partial charge in [0.2, 0.25) is 0 Å². The van der Waals surface area contributed by atoms with Crippen molar-refractivity contribution in [2.45, 2.75) is 25.9 Å². The molecule has 106 valence electrons. The normalized spacial score (nSPS) is 14.0. The molecule has 0 aliphatic rings. The molecular formula is C16H17F2NO. The van der Waals surface area contributed by atoms with Crippen molar-refractivity contribution in [3.8, 4) is 5.75 Å². The Morgan fingerprint density at radius 2 is 1.70 bits per heavy atom. The highest BCUT2D eigenvalue weighted by Gasteiger charge is 2.16. The van der Waals surface area contributed by atoms with Crippen molar-refractivity contribution in [1.82, 2.24) is 5.32 Å². The maximum atomic E-state index is 13.7. The van der Waals surface area contributed by atoms with Gasteiger partial charge in [-0.15, -0.1) is 0 Å². The van der Waals surface area contributed by atoms with E-state index in [9.17, 15) is 13.9 Å². The smallest absolute Gasteiger partial charge is 0.163 e. The summed E-state index contributed by atoms with van der Waals surface area (Å²) in [7, 11) is 0. The summed E-state index contributed by atoms with van der Waals surface area (Å²) in [5.41, 5.74) is 1.17. The van der Waals surface area contributed by atoms with Gasteiger partial charge in [-0.3, -0.25) is 0 Å². The zero-order chi connectivity index (χ0) is 14.7. The molecule has 0 aromatic heterocycles. The minimum atomic E-state index is -0.846. The summed E-state index contributed by atoms with van der Waals surface area (Å²) in [6, 6.07) is 10.6. The second-order valence-electron chi connectivity index (χ2n) is 4.85. The molecule has 2 unspecified atom stereocenters. The monoisotopic (exact) mass is 277 g/mol. The van der Waals surface area contributed by atoms with Gasteiger partial charge >= 0.3 is 0 Å². The molecule has 0 heterocycles. The van der Waals surface area contributed by atoms with Crippen LogP contribution in [0.15, 0.2) is 42.5 Å². The molecule has 0 aliphatic heterocycles. The summed E-state index contributed by atoms with van der Waals surface area (Å²) in [6.07, 6.45) is 0. The summed E-state index contributed by atoms with van der Waals surface area (Å²) >= 11 is 0. The fraction of sp³-hybridized carbons (Fsp3) is 0.250. The second kappa shape index (κ2) is 6.01. The molecule has 2 atom stereocenters. The molecule has 0 radical (unpaired) electrons. The van der Waals surface area contributed by atoms with Gasteiger partial charge in [-0.2, -0.15) is 0 Å². The van der Waals surface area contributed by atoms with Crippen LogP contribution in [0.4, 0.5) is 8.78 Å². The van der Waals surface area contributed by atoms with Gasteiger partial charge in [-0.25, -0.2) is 8.78 Å². The average Bonchev–Trinajstić information content (AvgIpc) is 2.41. The molecule has 2 nitrogen and oxygen atoms in total. The Morgan fingerprint density at radius 3 is 2.40 bits per heavy atom. The van der Waals surface area contributed by atoms with Crippen LogP contribution in [0, 0.1) is 11.6 Å². The quantitative estimate of drug-likeness (QED) is 0.882. The van der Waals surface area contributed by atoms with Gasteiger partial charge in [0, 0.05) is 17.6 Å². The van der Waals surface area contributed by atoms with E-state index in [1.807, 2.05) is 13.0 Å². The van der Waals surface area contributed by atoms with Gasteiger partial charge in [-0.05, 0) is 37.6 Å². The number of halogens is 2. The largest absolute Gasteiger partial charge is 0.508 e. The van der Waals surface area contributed by atoms with Crippen LogP contribution < -0.4 is 5.32 Å². The molecular weight excluding hydrogens is 260 g/mol. The van der Waals surface area contributed by atoms with E-state index < -0.39 is 11.6 Å². The summed E-state index contributed by atoms with van der Waals surface area (Å²) < 4.78 is 26.9. The van der Waals surface area contributed by atoms with Crippen LogP contribution in [0.1, 0.15) is 37.1 Å². The summed E-state index contributed by atoms with van der Waals surface area (Å²) in [6.45, 7) is 3.68. The molecule has 2 rings (SSSR count). The third kappa shape index (κ3) is 3.14. The van der Waals surface area contributed by atoms with E-state index in [1.54, 1.807) is 31.2 Å². The first kappa shape index (κ1) is 14.5. The third-order valence-corrected chi connectivity index (χ3v) is 3.32. The van der Waals surface area contributed by atoms with Crippen LogP contribution in [0.2, 0.25) is 0 Å². The van der Waals surface area contributed by atoms with E-state index in [0.717, 1.165) is 11.6 Å². The van der Waals surface area contributed by atoms with Gasteiger partial charge in [0.1, 0.15) is 5.75 Å². The maximum Gasteiger partial charge on any atom is 0.163 e. The Labute approximate surface area is 117 Å². The van der Waals surface area contributed by atoms with Crippen molar-refractivity contribution in [3.05, 3.63) is 65.2 Å². The lowest BCUT2D eigenvalue weighted by atomic mass is 10.0. The third-order valence-electron chi connectivity index (χ3n) is 3.32. The number of hydrogen-bond acceptors (Lipinski definition) is 2. The molecule has 0 amide bonds. The van der Waals surface area contributed by atoms with Crippen LogP contribution in [0.25, 0.3) is 0 Å². The lowest BCUT2D eigenvalue weighted by Gasteiger charge is -2.21. The van der Waals surface area contributed by atoms with Crippen LogP contribution in [0.5, 0.6) is 5.75 Å². The first-order valence-corrected chi connectivity index (χ1v) is 6.48. The Bertz CT molecular complexity index is 601. The molecule has 2 aromatic carbocycles. The fourth-order valence-electron chi connectivity index (χ4n) is 2.21. The van der Waals surface area contributed by atoms with E-state index in [2.05, 4.69) is 5.32 Å². The van der Waals surface area contributed by atoms with Crippen molar-refractivity contribution in [1.29, 1.82) is 0 Å². The first-order valence-electron chi connectivity index (χ1n) is 6.48. The van der Waals surface area contributed by atoms with E-state index in [-0.39, 0.29) is 23.4 Å². The SMILES string of the molecule is CC(NC(C)c1cccc(F)c1F)c1cccc(O)c1. The zero-order valence-corrected chi connectivity index (χ0v) is 11.4. The summed E-state index contributed by atoms with van der Waals surface area (Å²) in [4.78, 5) is 0. The Kier molecular flexibility index (Phi) is 4.35. The van der Waals surface area contributed by atoms with Gasteiger partial charge in [-0.1, -0.05) is 24.3 Å². The summed E-state index contributed by atoms with van der Waals surface area (Å²) in [5.74, 6) is -1.49. The fourth-order valence-corrected chi connectivity index (χ4v) is 2.21. The predicted molar refractivity (Wildman–Crippen MR) is 74.4 cm³/mol. The topological polar surface area (TPSA) is 32.3 Å². The zero-order valence-electron chi connectivity index (χ0n) is 11.4. The van der Waals surface area contributed by atoms with Crippen molar-refractivity contribution in [2.75, 3.05) is 0 Å². The molecule has 0 spiro atoms. The van der Waals surface area contributed by atoms with E-state index >= 15 is 0 Å². The number of aromatic hydroxyl groups is 1. The highest BCUT2D eigenvalue weighted by Crippen LogP contribution is 2.24. The molecule has 0 saturated heterocycles.